The van der Waals surface area contributed by atoms with E-state index < -0.39 is 18.3 Å². The van der Waals surface area contributed by atoms with Crippen molar-refractivity contribution in [3.05, 3.63) is 60.2 Å². The predicted octanol–water partition coefficient (Wildman–Crippen LogP) is 2.57. The summed E-state index contributed by atoms with van der Waals surface area (Å²) in [5.41, 5.74) is 6.39. The monoisotopic (exact) mass is 388 g/mol. The summed E-state index contributed by atoms with van der Waals surface area (Å²) in [6.45, 7) is -0.196. The first-order valence-corrected chi connectivity index (χ1v) is 9.39. The molecule has 146 valence electrons. The van der Waals surface area contributed by atoms with Crippen LogP contribution in [-0.2, 0) is 20.8 Å². The lowest BCUT2D eigenvalue weighted by Crippen LogP contribution is -2.41. The normalized spacial score (nSPS) is 11.3. The lowest BCUT2D eigenvalue weighted by Gasteiger charge is -2.21. The maximum Gasteiger partial charge on any atom is 0.374 e. The van der Waals surface area contributed by atoms with Crippen LogP contribution in [0.2, 0.25) is 0 Å². The van der Waals surface area contributed by atoms with Gasteiger partial charge in [0, 0.05) is 13.1 Å². The molecule has 4 aromatic rings. The topological polar surface area (TPSA) is 101 Å². The Bertz CT molecular complexity index is 1230. The molecule has 0 aliphatic rings. The highest BCUT2D eigenvalue weighted by molar-refractivity contribution is 6.33. The van der Waals surface area contributed by atoms with Crippen molar-refractivity contribution in [3.8, 4) is 0 Å². The Morgan fingerprint density at radius 2 is 1.48 bits per heavy atom. The van der Waals surface area contributed by atoms with E-state index in [0.29, 0.717) is 0 Å². The molecule has 0 aromatic heterocycles. The molecule has 29 heavy (non-hydrogen) atoms. The molecule has 1 amide bonds. The van der Waals surface area contributed by atoms with Crippen LogP contribution in [0.25, 0.3) is 32.3 Å². The highest BCUT2D eigenvalue weighted by atomic mass is 16.4. The summed E-state index contributed by atoms with van der Waals surface area (Å²) in [5.74, 6) is -2.90. The van der Waals surface area contributed by atoms with Crippen LogP contribution in [0.1, 0.15) is 5.56 Å². The molecule has 0 radical (unpaired) electrons. The van der Waals surface area contributed by atoms with E-state index in [-0.39, 0.29) is 25.4 Å². The van der Waals surface area contributed by atoms with E-state index in [0.717, 1.165) is 37.9 Å². The summed E-state index contributed by atoms with van der Waals surface area (Å²) >= 11 is 0. The number of hydrogen-bond acceptors (Lipinski definition) is 4. The quantitative estimate of drug-likeness (QED) is 0.374. The van der Waals surface area contributed by atoms with Crippen molar-refractivity contribution in [1.82, 2.24) is 4.90 Å². The third-order valence-electron chi connectivity index (χ3n) is 5.29. The molecule has 0 spiro atoms. The van der Waals surface area contributed by atoms with Crippen LogP contribution >= 0.6 is 0 Å². The van der Waals surface area contributed by atoms with E-state index in [1.807, 2.05) is 30.3 Å². The summed E-state index contributed by atoms with van der Waals surface area (Å²) in [7, 11) is 0. The van der Waals surface area contributed by atoms with Gasteiger partial charge in [0.2, 0.25) is 5.91 Å². The predicted molar refractivity (Wildman–Crippen MR) is 112 cm³/mol. The van der Waals surface area contributed by atoms with Crippen molar-refractivity contribution < 1.29 is 19.5 Å². The highest BCUT2D eigenvalue weighted by Crippen LogP contribution is 2.36. The Balaban J connectivity index is 1.74. The maximum absolute atomic E-state index is 12.8. The smallest absolute Gasteiger partial charge is 0.374 e. The van der Waals surface area contributed by atoms with E-state index in [4.69, 9.17) is 10.8 Å². The molecule has 0 bridgehead atoms. The molecule has 0 saturated carbocycles. The first-order valence-electron chi connectivity index (χ1n) is 9.39. The summed E-state index contributed by atoms with van der Waals surface area (Å²) in [4.78, 5) is 36.5. The fourth-order valence-electron chi connectivity index (χ4n) is 3.91. The largest absolute Gasteiger partial charge is 0.475 e. The van der Waals surface area contributed by atoms with Gasteiger partial charge in [0.15, 0.2) is 0 Å². The number of Topliss-reactive ketones (excluding diaryl/α,β-unsaturated/α-hetero) is 1. The lowest BCUT2D eigenvalue weighted by atomic mass is 9.91. The molecule has 0 aliphatic heterocycles. The van der Waals surface area contributed by atoms with Gasteiger partial charge in [-0.3, -0.25) is 9.59 Å². The van der Waals surface area contributed by atoms with Crippen LogP contribution in [-0.4, -0.2) is 47.3 Å². The van der Waals surface area contributed by atoms with E-state index >= 15 is 0 Å². The van der Waals surface area contributed by atoms with Crippen LogP contribution in [0, 0.1) is 0 Å². The second kappa shape index (κ2) is 7.48. The standard InChI is InChI=1S/C23H20N2O4/c24-10-11-25(13-19(26)23(28)29)20(27)12-17-7-6-16-5-4-14-2-1-3-15-8-9-18(17)22(16)21(14)15/h1-9H,10-13,24H2,(H,28,29). The minimum absolute atomic E-state index is 0.0705. The number of rotatable bonds is 7. The van der Waals surface area contributed by atoms with Crippen molar-refractivity contribution in [2.24, 2.45) is 5.73 Å². The van der Waals surface area contributed by atoms with Crippen LogP contribution in [0.4, 0.5) is 0 Å². The van der Waals surface area contributed by atoms with Gasteiger partial charge in [-0.2, -0.15) is 0 Å². The van der Waals surface area contributed by atoms with Crippen molar-refractivity contribution in [1.29, 1.82) is 0 Å². The van der Waals surface area contributed by atoms with Gasteiger partial charge in [0.25, 0.3) is 5.78 Å². The van der Waals surface area contributed by atoms with Gasteiger partial charge < -0.3 is 15.7 Å². The van der Waals surface area contributed by atoms with Crippen LogP contribution in [0.15, 0.2) is 54.6 Å². The Labute approximate surface area is 166 Å². The Hall–Kier alpha value is -3.51. The Kier molecular flexibility index (Phi) is 4.86. The second-order valence-electron chi connectivity index (χ2n) is 7.09. The molecule has 0 saturated heterocycles. The van der Waals surface area contributed by atoms with Crippen molar-refractivity contribution in [2.75, 3.05) is 19.6 Å². The summed E-state index contributed by atoms with van der Waals surface area (Å²) in [6, 6.07) is 18.3. The number of ketones is 1. The minimum atomic E-state index is -1.55. The van der Waals surface area contributed by atoms with Crippen LogP contribution in [0.3, 0.4) is 0 Å². The average molecular weight is 388 g/mol. The van der Waals surface area contributed by atoms with E-state index in [1.165, 1.54) is 4.90 Å². The summed E-state index contributed by atoms with van der Waals surface area (Å²) in [5, 5.41) is 15.5. The molecule has 3 N–H and O–H groups in total. The lowest BCUT2D eigenvalue weighted by molar-refractivity contribution is -0.150. The third-order valence-corrected chi connectivity index (χ3v) is 5.29. The van der Waals surface area contributed by atoms with E-state index in [1.54, 1.807) is 0 Å². The molecule has 4 rings (SSSR count). The molecule has 0 fully saturated rings. The third kappa shape index (κ3) is 3.39. The van der Waals surface area contributed by atoms with Gasteiger partial charge >= 0.3 is 5.97 Å². The Morgan fingerprint density at radius 1 is 0.862 bits per heavy atom. The first kappa shape index (κ1) is 18.8. The molecule has 0 heterocycles. The number of carbonyl (C=O) groups is 3. The fourth-order valence-corrected chi connectivity index (χ4v) is 3.91. The zero-order chi connectivity index (χ0) is 20.5. The number of benzene rings is 4. The first-order chi connectivity index (χ1) is 14.0. The second-order valence-corrected chi connectivity index (χ2v) is 7.09. The van der Waals surface area contributed by atoms with Gasteiger partial charge in [0.1, 0.15) is 0 Å². The zero-order valence-corrected chi connectivity index (χ0v) is 15.7. The zero-order valence-electron chi connectivity index (χ0n) is 15.7. The number of carbonyl (C=O) groups excluding carboxylic acids is 2. The van der Waals surface area contributed by atoms with E-state index in [2.05, 4.69) is 24.3 Å². The average Bonchev–Trinajstić information content (AvgIpc) is 2.72. The number of nitrogens with zero attached hydrogens (tertiary/aromatic N) is 1. The molecule has 0 unspecified atom stereocenters. The molecule has 6 nitrogen and oxygen atoms in total. The van der Waals surface area contributed by atoms with Gasteiger partial charge in [-0.25, -0.2) is 4.79 Å². The van der Waals surface area contributed by atoms with Crippen LogP contribution < -0.4 is 5.73 Å². The summed E-state index contributed by atoms with van der Waals surface area (Å²) in [6.07, 6.45) is 0.0705. The van der Waals surface area contributed by atoms with E-state index in [9.17, 15) is 14.4 Å². The SMILES string of the molecule is NCCN(CC(=O)C(=O)O)C(=O)Cc1ccc2ccc3cccc4ccc1c2c34. The summed E-state index contributed by atoms with van der Waals surface area (Å²) < 4.78 is 0. The number of aliphatic carboxylic acids is 1. The molecule has 4 aromatic carbocycles. The van der Waals surface area contributed by atoms with Gasteiger partial charge in [-0.1, -0.05) is 54.6 Å². The highest BCUT2D eigenvalue weighted by Gasteiger charge is 2.22. The van der Waals surface area contributed by atoms with Crippen molar-refractivity contribution >= 4 is 50.0 Å². The van der Waals surface area contributed by atoms with Gasteiger partial charge in [0.05, 0.1) is 13.0 Å². The van der Waals surface area contributed by atoms with Crippen molar-refractivity contribution in [2.45, 2.75) is 6.42 Å². The number of hydrogen-bond donors (Lipinski definition) is 2. The molecule has 6 heteroatoms. The molecule has 0 atom stereocenters. The number of amides is 1. The molecule has 0 aliphatic carbocycles. The Morgan fingerprint density at radius 3 is 2.14 bits per heavy atom. The van der Waals surface area contributed by atoms with Crippen molar-refractivity contribution in [3.63, 3.8) is 0 Å². The molecular formula is C23H20N2O4. The van der Waals surface area contributed by atoms with Crippen LogP contribution in [0.5, 0.6) is 0 Å². The minimum Gasteiger partial charge on any atom is -0.475 e. The number of carboxylic acid groups (broad SMARTS) is 1. The molecular weight excluding hydrogens is 368 g/mol. The fraction of sp³-hybridized carbons (Fsp3) is 0.174. The maximum atomic E-state index is 12.8. The van der Waals surface area contributed by atoms with Gasteiger partial charge in [-0.05, 0) is 37.9 Å². The van der Waals surface area contributed by atoms with Gasteiger partial charge in [-0.15, -0.1) is 0 Å². The number of carboxylic acids is 1. The number of nitrogens with two attached hydrogens (primary N) is 1.